The fourth-order valence-electron chi connectivity index (χ4n) is 4.37. The van der Waals surface area contributed by atoms with Crippen LogP contribution >= 0.6 is 0 Å². The number of hydrogen-bond donors (Lipinski definition) is 4. The Bertz CT molecular complexity index is 725. The lowest BCUT2D eigenvalue weighted by Gasteiger charge is -2.21. The first-order valence-corrected chi connectivity index (χ1v) is 16.6. The van der Waals surface area contributed by atoms with Crippen molar-refractivity contribution in [2.24, 2.45) is 0 Å². The van der Waals surface area contributed by atoms with Crippen molar-refractivity contribution in [3.63, 3.8) is 0 Å². The van der Waals surface area contributed by atoms with E-state index in [1.165, 1.54) is 51.4 Å². The molecule has 0 aromatic rings. The molecule has 0 spiro atoms. The molecule has 5 nitrogen and oxygen atoms in total. The molecule has 41 heavy (non-hydrogen) atoms. The molecule has 0 aliphatic heterocycles. The molecule has 5 heteroatoms. The van der Waals surface area contributed by atoms with Crippen molar-refractivity contribution in [3.8, 4) is 0 Å². The van der Waals surface area contributed by atoms with Crippen molar-refractivity contribution in [3.05, 3.63) is 60.8 Å². The summed E-state index contributed by atoms with van der Waals surface area (Å²) in [6.45, 7) is 4.02. The smallest absolute Gasteiger partial charge is 0.249 e. The van der Waals surface area contributed by atoms with Gasteiger partial charge >= 0.3 is 0 Å². The minimum atomic E-state index is -1.12. The Morgan fingerprint density at radius 3 is 1.71 bits per heavy atom. The Morgan fingerprint density at radius 2 is 1.12 bits per heavy atom. The van der Waals surface area contributed by atoms with Crippen LogP contribution in [0.3, 0.4) is 0 Å². The molecule has 0 bridgehead atoms. The topological polar surface area (TPSA) is 89.8 Å². The van der Waals surface area contributed by atoms with E-state index < -0.39 is 24.2 Å². The predicted octanol–water partition coefficient (Wildman–Crippen LogP) is 8.42. The molecule has 0 aromatic carbocycles. The number of allylic oxidation sites excluding steroid dienone is 9. The molecule has 0 aliphatic carbocycles. The van der Waals surface area contributed by atoms with Crippen molar-refractivity contribution >= 4 is 5.91 Å². The van der Waals surface area contributed by atoms with Crippen LogP contribution in [0.2, 0.25) is 0 Å². The van der Waals surface area contributed by atoms with E-state index in [-0.39, 0.29) is 6.61 Å². The average Bonchev–Trinajstić information content (AvgIpc) is 2.98. The number of hydrogen-bond acceptors (Lipinski definition) is 4. The summed E-state index contributed by atoms with van der Waals surface area (Å²) in [4.78, 5) is 12.3. The first-order chi connectivity index (χ1) is 20.1. The molecule has 3 atom stereocenters. The van der Waals surface area contributed by atoms with E-state index in [0.29, 0.717) is 6.42 Å². The van der Waals surface area contributed by atoms with Gasteiger partial charge in [0, 0.05) is 0 Å². The lowest BCUT2D eigenvalue weighted by Crippen LogP contribution is -2.48. The quantitative estimate of drug-likeness (QED) is 0.0559. The summed E-state index contributed by atoms with van der Waals surface area (Å²) < 4.78 is 0. The van der Waals surface area contributed by atoms with E-state index in [1.807, 2.05) is 6.08 Å². The minimum Gasteiger partial charge on any atom is -0.394 e. The van der Waals surface area contributed by atoms with E-state index >= 15 is 0 Å². The van der Waals surface area contributed by atoms with Gasteiger partial charge in [0.2, 0.25) is 5.91 Å². The molecule has 0 aliphatic rings. The van der Waals surface area contributed by atoms with Crippen LogP contribution < -0.4 is 5.32 Å². The van der Waals surface area contributed by atoms with Crippen LogP contribution in [0.4, 0.5) is 0 Å². The molecule has 0 fully saturated rings. The highest BCUT2D eigenvalue weighted by atomic mass is 16.3. The first-order valence-electron chi connectivity index (χ1n) is 16.6. The average molecular weight is 574 g/mol. The van der Waals surface area contributed by atoms with Crippen LogP contribution in [0.5, 0.6) is 0 Å². The largest absolute Gasteiger partial charge is 0.394 e. The van der Waals surface area contributed by atoms with Gasteiger partial charge in [-0.3, -0.25) is 4.79 Å². The summed E-state index contributed by atoms with van der Waals surface area (Å²) >= 11 is 0. The number of unbranched alkanes of at least 4 members (excludes halogenated alkanes) is 12. The van der Waals surface area contributed by atoms with Gasteiger partial charge in [-0.25, -0.2) is 0 Å². The molecule has 236 valence electrons. The zero-order valence-corrected chi connectivity index (χ0v) is 26.4. The molecule has 0 saturated heterocycles. The van der Waals surface area contributed by atoms with Crippen molar-refractivity contribution in [2.45, 2.75) is 154 Å². The van der Waals surface area contributed by atoms with Crippen LogP contribution in [0.25, 0.3) is 0 Å². The number of amides is 1. The first kappa shape index (κ1) is 39.0. The van der Waals surface area contributed by atoms with Gasteiger partial charge in [0.1, 0.15) is 6.10 Å². The summed E-state index contributed by atoms with van der Waals surface area (Å²) in [5.74, 6) is -0.532. The molecular formula is C36H63NO4. The summed E-state index contributed by atoms with van der Waals surface area (Å²) in [7, 11) is 0. The van der Waals surface area contributed by atoms with Crippen molar-refractivity contribution < 1.29 is 20.1 Å². The maximum atomic E-state index is 12.3. The van der Waals surface area contributed by atoms with E-state index in [0.717, 1.165) is 64.2 Å². The van der Waals surface area contributed by atoms with Gasteiger partial charge in [0.25, 0.3) is 0 Å². The zero-order valence-electron chi connectivity index (χ0n) is 26.4. The Balaban J connectivity index is 3.88. The van der Waals surface area contributed by atoms with Crippen LogP contribution in [0, 0.1) is 0 Å². The van der Waals surface area contributed by atoms with Crippen molar-refractivity contribution in [2.75, 3.05) is 6.61 Å². The molecule has 0 rings (SSSR count). The van der Waals surface area contributed by atoms with Gasteiger partial charge in [-0.05, 0) is 70.6 Å². The van der Waals surface area contributed by atoms with Gasteiger partial charge in [0.05, 0.1) is 18.8 Å². The Morgan fingerprint density at radius 1 is 0.610 bits per heavy atom. The van der Waals surface area contributed by atoms with Crippen molar-refractivity contribution in [1.82, 2.24) is 5.32 Å². The number of aliphatic hydroxyl groups is 3. The van der Waals surface area contributed by atoms with E-state index in [2.05, 4.69) is 67.8 Å². The highest BCUT2D eigenvalue weighted by Gasteiger charge is 2.22. The van der Waals surface area contributed by atoms with Crippen LogP contribution in [-0.2, 0) is 4.79 Å². The normalized spacial score (nSPS) is 14.8. The lowest BCUT2D eigenvalue weighted by atomic mass is 10.0. The Kier molecular flexibility index (Phi) is 29.5. The molecule has 0 heterocycles. The highest BCUT2D eigenvalue weighted by molar-refractivity contribution is 5.80. The van der Waals surface area contributed by atoms with E-state index in [1.54, 1.807) is 6.08 Å². The van der Waals surface area contributed by atoms with Crippen LogP contribution in [0.1, 0.15) is 136 Å². The second-order valence-corrected chi connectivity index (χ2v) is 11.0. The summed E-state index contributed by atoms with van der Waals surface area (Å²) in [6, 6.07) is -0.824. The van der Waals surface area contributed by atoms with Gasteiger partial charge in [-0.1, -0.05) is 126 Å². The lowest BCUT2D eigenvalue weighted by molar-refractivity contribution is -0.131. The van der Waals surface area contributed by atoms with Gasteiger partial charge in [0.15, 0.2) is 0 Å². The molecule has 0 saturated carbocycles. The standard InChI is InChI=1S/C36H63NO4/c1-3-5-7-9-11-13-15-16-17-18-19-21-23-25-27-29-31-35(40)36(41)37-33(32-38)34(39)30-28-26-24-22-20-14-12-10-8-6-4-2/h8,10-11,13,16-17,20,22,28,30,33-35,38-40H,3-7,9,12,14-15,18-19,21,23-27,29,31-32H2,1-2H3,(H,37,41)/b10-8+,13-11-,17-16-,22-20+,30-28+. The summed E-state index contributed by atoms with van der Waals surface area (Å²) in [6.07, 6.45) is 39.4. The number of carbonyl (C=O) groups is 1. The molecule has 0 aromatic heterocycles. The van der Waals surface area contributed by atoms with Gasteiger partial charge in [-0.2, -0.15) is 0 Å². The minimum absolute atomic E-state index is 0.389. The number of rotatable bonds is 28. The van der Waals surface area contributed by atoms with Crippen molar-refractivity contribution in [1.29, 1.82) is 0 Å². The third-order valence-corrected chi connectivity index (χ3v) is 7.04. The number of carbonyl (C=O) groups excluding carboxylic acids is 1. The Labute approximate surface area is 252 Å². The summed E-state index contributed by atoms with van der Waals surface area (Å²) in [5.41, 5.74) is 0. The van der Waals surface area contributed by atoms with E-state index in [9.17, 15) is 20.1 Å². The monoisotopic (exact) mass is 573 g/mol. The fourth-order valence-corrected chi connectivity index (χ4v) is 4.37. The number of aliphatic hydroxyl groups excluding tert-OH is 3. The molecule has 4 N–H and O–H groups in total. The summed E-state index contributed by atoms with van der Waals surface area (Å²) in [5, 5.41) is 32.8. The van der Waals surface area contributed by atoms with E-state index in [4.69, 9.17) is 0 Å². The third kappa shape index (κ3) is 26.7. The fraction of sp³-hybridized carbons (Fsp3) is 0.694. The molecule has 1 amide bonds. The maximum Gasteiger partial charge on any atom is 0.249 e. The molecule has 3 unspecified atom stereocenters. The van der Waals surface area contributed by atoms with Crippen LogP contribution in [0.15, 0.2) is 60.8 Å². The SMILES string of the molecule is CCC/C=C/CC/C=C/CC/C=C/C(O)C(CO)NC(=O)C(O)CCCCCCCC/C=C\C/C=C\CCCCC. The molecular weight excluding hydrogens is 510 g/mol. The third-order valence-electron chi connectivity index (χ3n) is 7.04. The second-order valence-electron chi connectivity index (χ2n) is 11.0. The maximum absolute atomic E-state index is 12.3. The van der Waals surface area contributed by atoms with Gasteiger partial charge in [-0.15, -0.1) is 0 Å². The number of nitrogens with one attached hydrogen (secondary N) is 1. The van der Waals surface area contributed by atoms with Gasteiger partial charge < -0.3 is 20.6 Å². The molecule has 0 radical (unpaired) electrons. The predicted molar refractivity (Wildman–Crippen MR) is 176 cm³/mol. The van der Waals surface area contributed by atoms with Crippen LogP contribution in [-0.4, -0.2) is 46.1 Å². The zero-order chi connectivity index (χ0) is 30.2. The highest BCUT2D eigenvalue weighted by Crippen LogP contribution is 2.11. The second kappa shape index (κ2) is 31.0. The Hall–Kier alpha value is -1.95.